The molecular formula is C13H11FN4OS. The highest BCUT2D eigenvalue weighted by atomic mass is 32.2. The molecule has 0 amide bonds. The van der Waals surface area contributed by atoms with E-state index >= 15 is 0 Å². The van der Waals surface area contributed by atoms with Gasteiger partial charge < -0.3 is 5.11 Å². The van der Waals surface area contributed by atoms with Gasteiger partial charge in [-0.1, -0.05) is 30.0 Å². The summed E-state index contributed by atoms with van der Waals surface area (Å²) in [7, 11) is 0. The molecular weight excluding hydrogens is 279 g/mol. The van der Waals surface area contributed by atoms with Gasteiger partial charge in [-0.25, -0.2) is 13.9 Å². The van der Waals surface area contributed by atoms with Gasteiger partial charge in [0.25, 0.3) is 5.78 Å². The van der Waals surface area contributed by atoms with E-state index in [2.05, 4.69) is 15.1 Å². The van der Waals surface area contributed by atoms with Crippen LogP contribution in [-0.2, 0) is 0 Å². The first-order valence-corrected chi connectivity index (χ1v) is 6.95. The van der Waals surface area contributed by atoms with Gasteiger partial charge in [0, 0.05) is 23.7 Å². The zero-order valence-corrected chi connectivity index (χ0v) is 11.2. The molecule has 3 aromatic rings. The zero-order chi connectivity index (χ0) is 13.9. The van der Waals surface area contributed by atoms with Gasteiger partial charge in [-0.2, -0.15) is 4.98 Å². The van der Waals surface area contributed by atoms with Crippen LogP contribution in [-0.4, -0.2) is 30.4 Å². The fourth-order valence-corrected chi connectivity index (χ4v) is 2.54. The van der Waals surface area contributed by atoms with Crippen LogP contribution >= 0.6 is 11.8 Å². The molecule has 0 fully saturated rings. The maximum Gasteiger partial charge on any atom is 0.253 e. The second-order valence-electron chi connectivity index (χ2n) is 4.11. The molecule has 0 aliphatic carbocycles. The smallest absolute Gasteiger partial charge is 0.253 e. The summed E-state index contributed by atoms with van der Waals surface area (Å²) in [5.74, 6) is 0.360. The third-order valence-corrected chi connectivity index (χ3v) is 3.65. The molecule has 1 unspecified atom stereocenters. The van der Waals surface area contributed by atoms with Crippen molar-refractivity contribution >= 4 is 17.5 Å². The SMILES string of the molecule is OC(CSc1nc2ncccn2n1)c1ccccc1F. The molecule has 1 atom stereocenters. The lowest BCUT2D eigenvalue weighted by atomic mass is 10.1. The van der Waals surface area contributed by atoms with E-state index in [0.29, 0.717) is 10.9 Å². The van der Waals surface area contributed by atoms with Crippen molar-refractivity contribution in [1.82, 2.24) is 19.6 Å². The number of rotatable bonds is 4. The van der Waals surface area contributed by atoms with Crippen LogP contribution in [0, 0.1) is 5.82 Å². The van der Waals surface area contributed by atoms with Crippen LogP contribution in [0.5, 0.6) is 0 Å². The van der Waals surface area contributed by atoms with Gasteiger partial charge in [0.05, 0.1) is 6.10 Å². The van der Waals surface area contributed by atoms with E-state index in [1.54, 1.807) is 41.2 Å². The van der Waals surface area contributed by atoms with Crippen molar-refractivity contribution in [3.8, 4) is 0 Å². The average molecular weight is 290 g/mol. The molecule has 0 radical (unpaired) electrons. The first kappa shape index (κ1) is 13.0. The summed E-state index contributed by atoms with van der Waals surface area (Å²) in [4.78, 5) is 8.25. The highest BCUT2D eigenvalue weighted by Gasteiger charge is 2.14. The van der Waals surface area contributed by atoms with Crippen LogP contribution in [0.1, 0.15) is 11.7 Å². The van der Waals surface area contributed by atoms with E-state index in [0.717, 1.165) is 0 Å². The number of thioether (sulfide) groups is 1. The lowest BCUT2D eigenvalue weighted by molar-refractivity contribution is 0.199. The van der Waals surface area contributed by atoms with Crippen molar-refractivity contribution in [2.45, 2.75) is 11.3 Å². The number of hydrogen-bond donors (Lipinski definition) is 1. The first-order chi connectivity index (χ1) is 9.74. The molecule has 0 aliphatic heterocycles. The van der Waals surface area contributed by atoms with Crippen LogP contribution in [0.3, 0.4) is 0 Å². The van der Waals surface area contributed by atoms with E-state index in [1.165, 1.54) is 17.8 Å². The molecule has 3 rings (SSSR count). The summed E-state index contributed by atoms with van der Waals surface area (Å²) in [6, 6.07) is 7.94. The van der Waals surface area contributed by atoms with Gasteiger partial charge in [-0.05, 0) is 12.1 Å². The number of nitrogens with zero attached hydrogens (tertiary/aromatic N) is 4. The van der Waals surface area contributed by atoms with Crippen molar-refractivity contribution < 1.29 is 9.50 Å². The molecule has 0 bridgehead atoms. The summed E-state index contributed by atoms with van der Waals surface area (Å²) < 4.78 is 15.1. The van der Waals surface area contributed by atoms with Crippen LogP contribution in [0.25, 0.3) is 5.78 Å². The van der Waals surface area contributed by atoms with Crippen LogP contribution in [0.15, 0.2) is 47.9 Å². The minimum absolute atomic E-state index is 0.276. The zero-order valence-electron chi connectivity index (χ0n) is 10.3. The molecule has 20 heavy (non-hydrogen) atoms. The molecule has 2 heterocycles. The quantitative estimate of drug-likeness (QED) is 0.745. The van der Waals surface area contributed by atoms with Gasteiger partial charge >= 0.3 is 0 Å². The molecule has 102 valence electrons. The lowest BCUT2D eigenvalue weighted by Gasteiger charge is -2.09. The van der Waals surface area contributed by atoms with Crippen LogP contribution in [0.4, 0.5) is 4.39 Å². The molecule has 1 aromatic carbocycles. The number of aromatic nitrogens is 4. The monoisotopic (exact) mass is 290 g/mol. The summed E-state index contributed by atoms with van der Waals surface area (Å²) in [6.07, 6.45) is 2.47. The van der Waals surface area contributed by atoms with Crippen LogP contribution in [0.2, 0.25) is 0 Å². The third-order valence-electron chi connectivity index (χ3n) is 2.73. The Morgan fingerprint density at radius 3 is 2.95 bits per heavy atom. The summed E-state index contributed by atoms with van der Waals surface area (Å²) in [5.41, 5.74) is 0.280. The Morgan fingerprint density at radius 1 is 1.30 bits per heavy atom. The van der Waals surface area contributed by atoms with Gasteiger partial charge in [0.2, 0.25) is 5.16 Å². The molecule has 0 spiro atoms. The largest absolute Gasteiger partial charge is 0.387 e. The standard InChI is InChI=1S/C13H11FN4OS/c14-10-5-2-1-4-9(10)11(19)8-20-13-16-12-15-6-3-7-18(12)17-13/h1-7,11,19H,8H2. The Balaban J connectivity index is 1.71. The van der Waals surface area contributed by atoms with Crippen molar-refractivity contribution in [2.75, 3.05) is 5.75 Å². The van der Waals surface area contributed by atoms with E-state index in [9.17, 15) is 9.50 Å². The van der Waals surface area contributed by atoms with E-state index < -0.39 is 11.9 Å². The predicted octanol–water partition coefficient (Wildman–Crippen LogP) is 2.09. The number of aliphatic hydroxyl groups is 1. The van der Waals surface area contributed by atoms with E-state index in [4.69, 9.17) is 0 Å². The molecule has 0 aliphatic rings. The summed E-state index contributed by atoms with van der Waals surface area (Å²) >= 11 is 1.26. The molecule has 2 aromatic heterocycles. The third kappa shape index (κ3) is 2.63. The maximum atomic E-state index is 13.5. The Morgan fingerprint density at radius 2 is 2.15 bits per heavy atom. The number of aliphatic hydroxyl groups excluding tert-OH is 1. The lowest BCUT2D eigenvalue weighted by Crippen LogP contribution is -2.03. The number of fused-ring (bicyclic) bond motifs is 1. The van der Waals surface area contributed by atoms with Crippen molar-refractivity contribution in [3.05, 3.63) is 54.1 Å². The van der Waals surface area contributed by atoms with E-state index in [1.807, 2.05) is 0 Å². The highest BCUT2D eigenvalue weighted by molar-refractivity contribution is 7.99. The molecule has 0 saturated heterocycles. The fourth-order valence-electron chi connectivity index (χ4n) is 1.76. The number of halogens is 1. The normalized spacial score (nSPS) is 12.7. The second kappa shape index (κ2) is 5.56. The minimum Gasteiger partial charge on any atom is -0.387 e. The Hall–Kier alpha value is -1.99. The molecule has 7 heteroatoms. The highest BCUT2D eigenvalue weighted by Crippen LogP contribution is 2.24. The average Bonchev–Trinajstić information content (AvgIpc) is 2.88. The van der Waals surface area contributed by atoms with Crippen molar-refractivity contribution in [1.29, 1.82) is 0 Å². The number of hydrogen-bond acceptors (Lipinski definition) is 5. The van der Waals surface area contributed by atoms with Crippen molar-refractivity contribution in [3.63, 3.8) is 0 Å². The Labute approximate surface area is 118 Å². The summed E-state index contributed by atoms with van der Waals surface area (Å²) in [5, 5.41) is 14.7. The van der Waals surface area contributed by atoms with Gasteiger partial charge in [-0.15, -0.1) is 5.10 Å². The molecule has 1 N–H and O–H groups in total. The molecule has 0 saturated carbocycles. The second-order valence-corrected chi connectivity index (χ2v) is 5.09. The molecule has 5 nitrogen and oxygen atoms in total. The van der Waals surface area contributed by atoms with Crippen molar-refractivity contribution in [2.24, 2.45) is 0 Å². The van der Waals surface area contributed by atoms with E-state index in [-0.39, 0.29) is 11.3 Å². The van der Waals surface area contributed by atoms with Gasteiger partial charge in [0.1, 0.15) is 5.82 Å². The van der Waals surface area contributed by atoms with Crippen LogP contribution < -0.4 is 0 Å². The predicted molar refractivity (Wildman–Crippen MR) is 72.9 cm³/mol. The van der Waals surface area contributed by atoms with Gasteiger partial charge in [0.15, 0.2) is 0 Å². The Kier molecular flexibility index (Phi) is 3.62. The topological polar surface area (TPSA) is 63.3 Å². The van der Waals surface area contributed by atoms with Gasteiger partial charge in [-0.3, -0.25) is 0 Å². The maximum absolute atomic E-state index is 13.5. The Bertz CT molecular complexity index is 700. The minimum atomic E-state index is -0.902. The fraction of sp³-hybridized carbons (Fsp3) is 0.154. The first-order valence-electron chi connectivity index (χ1n) is 5.97. The summed E-state index contributed by atoms with van der Waals surface area (Å²) in [6.45, 7) is 0. The number of benzene rings is 1.